The molecule has 0 saturated heterocycles. The van der Waals surface area contributed by atoms with E-state index >= 15 is 0 Å². The maximum absolute atomic E-state index is 11.7. The quantitative estimate of drug-likeness (QED) is 0.313. The second-order valence-electron chi connectivity index (χ2n) is 6.98. The zero-order valence-electron chi connectivity index (χ0n) is 17.6. The molecular weight excluding hydrogens is 400 g/mol. The SMILES string of the molecule is CCOc1ccc(C(C)=O)cc1CSc1nnc(COc2cc(C)cc(C)c2)n1N. The molecule has 2 aromatic carbocycles. The maximum Gasteiger partial charge on any atom is 0.210 e. The Morgan fingerprint density at radius 3 is 2.50 bits per heavy atom. The molecule has 7 nitrogen and oxygen atoms in total. The minimum absolute atomic E-state index is 0.0112. The molecular formula is C22H26N4O3S. The number of ether oxygens (including phenoxy) is 2. The summed E-state index contributed by atoms with van der Waals surface area (Å²) in [5, 5.41) is 8.88. The summed E-state index contributed by atoms with van der Waals surface area (Å²) in [6.45, 7) is 8.29. The molecule has 0 unspecified atom stereocenters. The Morgan fingerprint density at radius 2 is 1.83 bits per heavy atom. The van der Waals surface area contributed by atoms with E-state index in [9.17, 15) is 4.79 Å². The second-order valence-corrected chi connectivity index (χ2v) is 7.92. The normalized spacial score (nSPS) is 10.8. The highest BCUT2D eigenvalue weighted by molar-refractivity contribution is 7.98. The summed E-state index contributed by atoms with van der Waals surface area (Å²) in [5.74, 6) is 8.77. The predicted octanol–water partition coefficient (Wildman–Crippen LogP) is 4.08. The van der Waals surface area contributed by atoms with Crippen LogP contribution in [-0.4, -0.2) is 27.3 Å². The van der Waals surface area contributed by atoms with Crippen molar-refractivity contribution in [3.63, 3.8) is 0 Å². The highest BCUT2D eigenvalue weighted by Gasteiger charge is 2.14. The minimum Gasteiger partial charge on any atom is -0.494 e. The van der Waals surface area contributed by atoms with Crippen molar-refractivity contribution in [3.8, 4) is 11.5 Å². The van der Waals surface area contributed by atoms with E-state index in [1.54, 1.807) is 13.0 Å². The van der Waals surface area contributed by atoms with Crippen molar-refractivity contribution < 1.29 is 14.3 Å². The average molecular weight is 427 g/mol. The first kappa shape index (κ1) is 21.7. The van der Waals surface area contributed by atoms with Crippen LogP contribution in [0.3, 0.4) is 0 Å². The highest BCUT2D eigenvalue weighted by Crippen LogP contribution is 2.28. The number of hydrogen-bond donors (Lipinski definition) is 1. The van der Waals surface area contributed by atoms with Crippen molar-refractivity contribution in [1.82, 2.24) is 14.9 Å². The molecule has 0 amide bonds. The molecule has 0 radical (unpaired) electrons. The number of carbonyl (C=O) groups is 1. The lowest BCUT2D eigenvalue weighted by atomic mass is 10.1. The molecule has 1 heterocycles. The van der Waals surface area contributed by atoms with Crippen molar-refractivity contribution in [2.24, 2.45) is 0 Å². The van der Waals surface area contributed by atoms with Gasteiger partial charge >= 0.3 is 0 Å². The van der Waals surface area contributed by atoms with E-state index in [2.05, 4.69) is 16.3 Å². The van der Waals surface area contributed by atoms with E-state index in [-0.39, 0.29) is 12.4 Å². The molecule has 2 N–H and O–H groups in total. The summed E-state index contributed by atoms with van der Waals surface area (Å²) in [6.07, 6.45) is 0. The van der Waals surface area contributed by atoms with Gasteiger partial charge in [-0.2, -0.15) is 0 Å². The van der Waals surface area contributed by atoms with Gasteiger partial charge in [-0.05, 0) is 69.2 Å². The number of aryl methyl sites for hydroxylation is 2. The summed E-state index contributed by atoms with van der Waals surface area (Å²) in [7, 11) is 0. The van der Waals surface area contributed by atoms with Gasteiger partial charge in [-0.1, -0.05) is 17.8 Å². The number of carbonyl (C=O) groups excluding carboxylic acids is 1. The van der Waals surface area contributed by atoms with E-state index in [4.69, 9.17) is 15.3 Å². The zero-order valence-corrected chi connectivity index (χ0v) is 18.5. The topological polar surface area (TPSA) is 92.3 Å². The van der Waals surface area contributed by atoms with Crippen LogP contribution in [0.2, 0.25) is 0 Å². The van der Waals surface area contributed by atoms with Crippen molar-refractivity contribution in [1.29, 1.82) is 0 Å². The lowest BCUT2D eigenvalue weighted by Gasteiger charge is -2.11. The smallest absolute Gasteiger partial charge is 0.210 e. The molecule has 0 bridgehead atoms. The fourth-order valence-corrected chi connectivity index (χ4v) is 3.87. The van der Waals surface area contributed by atoms with Gasteiger partial charge in [-0.3, -0.25) is 4.79 Å². The number of Topliss-reactive ketones (excluding diaryl/α,β-unsaturated/α-hetero) is 1. The monoisotopic (exact) mass is 426 g/mol. The Morgan fingerprint density at radius 1 is 1.10 bits per heavy atom. The van der Waals surface area contributed by atoms with Crippen LogP contribution in [0.4, 0.5) is 0 Å². The summed E-state index contributed by atoms with van der Waals surface area (Å²) >= 11 is 1.43. The third-order valence-electron chi connectivity index (χ3n) is 4.42. The number of rotatable bonds is 9. The van der Waals surface area contributed by atoms with Crippen molar-refractivity contribution in [2.75, 3.05) is 12.4 Å². The predicted molar refractivity (Wildman–Crippen MR) is 118 cm³/mol. The van der Waals surface area contributed by atoms with Crippen molar-refractivity contribution in [2.45, 2.75) is 45.2 Å². The van der Waals surface area contributed by atoms with Gasteiger partial charge in [0.25, 0.3) is 0 Å². The van der Waals surface area contributed by atoms with E-state index in [0.29, 0.717) is 28.9 Å². The summed E-state index contributed by atoms with van der Waals surface area (Å²) in [5.41, 5.74) is 3.82. The summed E-state index contributed by atoms with van der Waals surface area (Å²) in [4.78, 5) is 11.7. The number of thioether (sulfide) groups is 1. The van der Waals surface area contributed by atoms with Crippen molar-refractivity contribution >= 4 is 17.5 Å². The third-order valence-corrected chi connectivity index (χ3v) is 5.41. The summed E-state index contributed by atoms with van der Waals surface area (Å²) < 4.78 is 13.0. The summed E-state index contributed by atoms with van der Waals surface area (Å²) in [6, 6.07) is 11.5. The van der Waals surface area contributed by atoms with Gasteiger partial charge in [-0.25, -0.2) is 4.68 Å². The Hall–Kier alpha value is -3.00. The number of nitrogen functional groups attached to an aromatic ring is 1. The van der Waals surface area contributed by atoms with Crippen LogP contribution in [0.1, 0.15) is 46.7 Å². The molecule has 0 aliphatic heterocycles. The first-order valence-corrected chi connectivity index (χ1v) is 10.7. The molecule has 158 valence electrons. The average Bonchev–Trinajstić information content (AvgIpc) is 3.04. The number of hydrogen-bond acceptors (Lipinski definition) is 7. The van der Waals surface area contributed by atoms with Gasteiger partial charge in [0, 0.05) is 16.9 Å². The molecule has 1 aromatic heterocycles. The van der Waals surface area contributed by atoms with Gasteiger partial charge in [-0.15, -0.1) is 10.2 Å². The fraction of sp³-hybridized carbons (Fsp3) is 0.318. The van der Waals surface area contributed by atoms with E-state index in [0.717, 1.165) is 28.2 Å². The molecule has 0 atom stereocenters. The third kappa shape index (κ3) is 5.33. The van der Waals surface area contributed by atoms with Crippen molar-refractivity contribution in [3.05, 3.63) is 64.5 Å². The highest BCUT2D eigenvalue weighted by atomic mass is 32.2. The molecule has 0 aliphatic rings. The van der Waals surface area contributed by atoms with E-state index in [1.807, 2.05) is 45.0 Å². The number of ketones is 1. The van der Waals surface area contributed by atoms with E-state index in [1.165, 1.54) is 16.4 Å². The van der Waals surface area contributed by atoms with Crippen LogP contribution >= 0.6 is 11.8 Å². The van der Waals surface area contributed by atoms with Crippen LogP contribution in [0.15, 0.2) is 41.6 Å². The lowest BCUT2D eigenvalue weighted by molar-refractivity contribution is 0.101. The fourth-order valence-electron chi connectivity index (χ4n) is 3.02. The van der Waals surface area contributed by atoms with Gasteiger partial charge in [0.05, 0.1) is 6.61 Å². The molecule has 3 aromatic rings. The van der Waals surface area contributed by atoms with Crippen LogP contribution < -0.4 is 15.3 Å². The maximum atomic E-state index is 11.7. The molecule has 0 fully saturated rings. The first-order valence-electron chi connectivity index (χ1n) is 9.67. The lowest BCUT2D eigenvalue weighted by Crippen LogP contribution is -2.15. The molecule has 30 heavy (non-hydrogen) atoms. The Bertz CT molecular complexity index is 1030. The second kappa shape index (κ2) is 9.67. The Kier molecular flexibility index (Phi) is 6.99. The van der Waals surface area contributed by atoms with Gasteiger partial charge in [0.15, 0.2) is 11.6 Å². The molecule has 0 spiro atoms. The van der Waals surface area contributed by atoms with Crippen LogP contribution in [0.25, 0.3) is 0 Å². The van der Waals surface area contributed by atoms with Crippen LogP contribution in [0.5, 0.6) is 11.5 Å². The Labute approximate surface area is 180 Å². The molecule has 0 saturated carbocycles. The largest absolute Gasteiger partial charge is 0.494 e. The van der Waals surface area contributed by atoms with Gasteiger partial charge in [0.1, 0.15) is 18.1 Å². The number of aromatic nitrogens is 3. The molecule has 8 heteroatoms. The minimum atomic E-state index is 0.0112. The number of nitrogens with zero attached hydrogens (tertiary/aromatic N) is 3. The number of benzene rings is 2. The zero-order chi connectivity index (χ0) is 21.7. The van der Waals surface area contributed by atoms with Gasteiger partial charge in [0.2, 0.25) is 5.16 Å². The molecule has 0 aliphatic carbocycles. The van der Waals surface area contributed by atoms with E-state index < -0.39 is 0 Å². The number of nitrogens with two attached hydrogens (primary N) is 1. The first-order chi connectivity index (χ1) is 14.4. The van der Waals surface area contributed by atoms with Gasteiger partial charge < -0.3 is 15.3 Å². The Balaban J connectivity index is 1.69. The van der Waals surface area contributed by atoms with Crippen LogP contribution in [0, 0.1) is 13.8 Å². The standard InChI is InChI=1S/C22H26N4O3S/c1-5-28-20-7-6-17(16(4)27)11-18(20)13-30-22-25-24-21(26(22)23)12-29-19-9-14(2)8-15(3)10-19/h6-11H,5,12-13,23H2,1-4H3. The molecule has 3 rings (SSSR count). The van der Waals surface area contributed by atoms with Crippen LogP contribution in [-0.2, 0) is 12.4 Å².